The number of benzene rings is 1. The summed E-state index contributed by atoms with van der Waals surface area (Å²) >= 11 is 3.37. The van der Waals surface area contributed by atoms with Crippen molar-refractivity contribution in [1.82, 2.24) is 5.32 Å². The molecule has 4 nitrogen and oxygen atoms in total. The Morgan fingerprint density at radius 2 is 2.06 bits per heavy atom. The number of hydrogen-bond acceptors (Lipinski definition) is 3. The number of carbonyl (C=O) groups is 1. The highest BCUT2D eigenvalue weighted by molar-refractivity contribution is 9.09. The maximum absolute atomic E-state index is 11.9. The van der Waals surface area contributed by atoms with Gasteiger partial charge in [-0.25, -0.2) is 0 Å². The number of rotatable bonds is 5. The molecule has 1 rings (SSSR count). The Hall–Kier alpha value is -1.23. The second kappa shape index (κ2) is 6.09. The monoisotopic (exact) mass is 315 g/mol. The van der Waals surface area contributed by atoms with Crippen molar-refractivity contribution in [3.63, 3.8) is 0 Å². The van der Waals surface area contributed by atoms with Gasteiger partial charge in [0.15, 0.2) is 0 Å². The van der Waals surface area contributed by atoms with Crippen LogP contribution in [0, 0.1) is 5.41 Å². The van der Waals surface area contributed by atoms with Crippen molar-refractivity contribution in [3.8, 4) is 11.5 Å². The lowest BCUT2D eigenvalue weighted by atomic mass is 9.90. The van der Waals surface area contributed by atoms with Gasteiger partial charge in [0.25, 0.3) is 5.91 Å². The fourth-order valence-electron chi connectivity index (χ4n) is 1.46. The first-order chi connectivity index (χ1) is 8.35. The first-order valence-electron chi connectivity index (χ1n) is 5.72. The van der Waals surface area contributed by atoms with Gasteiger partial charge in [0, 0.05) is 11.9 Å². The topological polar surface area (TPSA) is 69.6 Å². The van der Waals surface area contributed by atoms with E-state index >= 15 is 0 Å². The maximum Gasteiger partial charge on any atom is 0.255 e. The summed E-state index contributed by atoms with van der Waals surface area (Å²) in [6.45, 7) is 4.61. The minimum absolute atomic E-state index is 0.0222. The van der Waals surface area contributed by atoms with Crippen molar-refractivity contribution in [1.29, 1.82) is 0 Å². The molecule has 5 heteroatoms. The van der Waals surface area contributed by atoms with Crippen LogP contribution >= 0.6 is 15.9 Å². The summed E-state index contributed by atoms with van der Waals surface area (Å²) in [4.78, 5) is 11.9. The lowest BCUT2D eigenvalue weighted by Gasteiger charge is -2.24. The number of phenols is 2. The van der Waals surface area contributed by atoms with E-state index < -0.39 is 0 Å². The molecule has 0 bridgehead atoms. The van der Waals surface area contributed by atoms with E-state index in [0.29, 0.717) is 6.54 Å². The maximum atomic E-state index is 11.9. The SMILES string of the molecule is CC(C)(CCBr)CNC(=O)c1cc(O)ccc1O. The normalized spacial score (nSPS) is 11.3. The van der Waals surface area contributed by atoms with Crippen LogP contribution in [0.3, 0.4) is 0 Å². The summed E-state index contributed by atoms with van der Waals surface area (Å²) in [5.41, 5.74) is 0.0654. The molecule has 1 aromatic carbocycles. The molecule has 100 valence electrons. The van der Waals surface area contributed by atoms with Crippen LogP contribution in [0.2, 0.25) is 0 Å². The van der Waals surface area contributed by atoms with Crippen molar-refractivity contribution in [2.75, 3.05) is 11.9 Å². The molecule has 18 heavy (non-hydrogen) atoms. The van der Waals surface area contributed by atoms with Crippen LogP contribution < -0.4 is 5.32 Å². The van der Waals surface area contributed by atoms with Crippen LogP contribution in [0.5, 0.6) is 11.5 Å². The number of carbonyl (C=O) groups excluding carboxylic acids is 1. The van der Waals surface area contributed by atoms with E-state index in [2.05, 4.69) is 35.1 Å². The second-order valence-electron chi connectivity index (χ2n) is 4.99. The molecule has 0 saturated carbocycles. The van der Waals surface area contributed by atoms with Crippen LogP contribution in [0.15, 0.2) is 18.2 Å². The molecule has 0 atom stereocenters. The fraction of sp³-hybridized carbons (Fsp3) is 0.462. The Balaban J connectivity index is 2.69. The van der Waals surface area contributed by atoms with Gasteiger partial charge < -0.3 is 15.5 Å². The molecule has 0 aromatic heterocycles. The third-order valence-electron chi connectivity index (χ3n) is 2.72. The van der Waals surface area contributed by atoms with Gasteiger partial charge in [-0.2, -0.15) is 0 Å². The van der Waals surface area contributed by atoms with Crippen LogP contribution in [-0.4, -0.2) is 28.0 Å². The van der Waals surface area contributed by atoms with Gasteiger partial charge in [0.05, 0.1) is 5.56 Å². The Kier molecular flexibility index (Phi) is 5.02. The van der Waals surface area contributed by atoms with Gasteiger partial charge >= 0.3 is 0 Å². The summed E-state index contributed by atoms with van der Waals surface area (Å²) in [5.74, 6) is -0.563. The quantitative estimate of drug-likeness (QED) is 0.578. The van der Waals surface area contributed by atoms with E-state index in [1.807, 2.05) is 0 Å². The average molecular weight is 316 g/mol. The first-order valence-corrected chi connectivity index (χ1v) is 6.84. The summed E-state index contributed by atoms with van der Waals surface area (Å²) < 4.78 is 0. The third-order valence-corrected chi connectivity index (χ3v) is 3.12. The lowest BCUT2D eigenvalue weighted by molar-refractivity contribution is 0.0933. The first kappa shape index (κ1) is 14.8. The van der Waals surface area contributed by atoms with Gasteiger partial charge in [-0.3, -0.25) is 4.79 Å². The standard InChI is InChI=1S/C13H18BrNO3/c1-13(2,5-6-14)8-15-12(18)10-7-9(16)3-4-11(10)17/h3-4,7,16-17H,5-6,8H2,1-2H3,(H,15,18). The van der Waals surface area contributed by atoms with Crippen molar-refractivity contribution >= 4 is 21.8 Å². The Bertz CT molecular complexity index is 432. The van der Waals surface area contributed by atoms with Crippen molar-refractivity contribution in [2.24, 2.45) is 5.41 Å². The second-order valence-corrected chi connectivity index (χ2v) is 5.78. The van der Waals surface area contributed by atoms with Crippen LogP contribution in [-0.2, 0) is 0 Å². The summed E-state index contributed by atoms with van der Waals surface area (Å²) in [5, 5.41) is 22.5. The zero-order valence-electron chi connectivity index (χ0n) is 10.5. The third kappa shape index (κ3) is 4.22. The molecule has 0 aliphatic heterocycles. The number of hydrogen-bond donors (Lipinski definition) is 3. The minimum atomic E-state index is -0.383. The van der Waals surface area contributed by atoms with Crippen molar-refractivity contribution < 1.29 is 15.0 Å². The van der Waals surface area contributed by atoms with E-state index in [9.17, 15) is 15.0 Å². The van der Waals surface area contributed by atoms with E-state index in [1.165, 1.54) is 18.2 Å². The molecular weight excluding hydrogens is 298 g/mol. The molecule has 0 fully saturated rings. The molecule has 0 radical (unpaired) electrons. The zero-order chi connectivity index (χ0) is 13.8. The van der Waals surface area contributed by atoms with Crippen molar-refractivity contribution in [3.05, 3.63) is 23.8 Å². The number of alkyl halides is 1. The predicted octanol–water partition coefficient (Wildman–Crippen LogP) is 2.64. The van der Waals surface area contributed by atoms with Gasteiger partial charge in [-0.05, 0) is 30.0 Å². The van der Waals surface area contributed by atoms with E-state index in [-0.39, 0.29) is 28.4 Å². The van der Waals surface area contributed by atoms with Crippen molar-refractivity contribution in [2.45, 2.75) is 20.3 Å². The molecule has 0 unspecified atom stereocenters. The Morgan fingerprint density at radius 1 is 1.39 bits per heavy atom. The molecule has 0 saturated heterocycles. The van der Waals surface area contributed by atoms with Crippen LogP contribution in [0.4, 0.5) is 0 Å². The van der Waals surface area contributed by atoms with E-state index in [1.54, 1.807) is 0 Å². The van der Waals surface area contributed by atoms with Crippen LogP contribution in [0.25, 0.3) is 0 Å². The molecule has 0 aliphatic carbocycles. The predicted molar refractivity (Wildman–Crippen MR) is 74.3 cm³/mol. The van der Waals surface area contributed by atoms with E-state index in [0.717, 1.165) is 11.8 Å². The molecule has 1 aromatic rings. The van der Waals surface area contributed by atoms with Gasteiger partial charge in [-0.1, -0.05) is 29.8 Å². The smallest absolute Gasteiger partial charge is 0.255 e. The summed E-state index contributed by atoms with van der Waals surface area (Å²) in [7, 11) is 0. The summed E-state index contributed by atoms with van der Waals surface area (Å²) in [6.07, 6.45) is 0.930. The highest BCUT2D eigenvalue weighted by atomic mass is 79.9. The molecule has 0 heterocycles. The average Bonchev–Trinajstić information content (AvgIpc) is 2.29. The van der Waals surface area contributed by atoms with Crippen LogP contribution in [0.1, 0.15) is 30.6 Å². The zero-order valence-corrected chi connectivity index (χ0v) is 12.1. The lowest BCUT2D eigenvalue weighted by Crippen LogP contribution is -2.34. The molecule has 0 aliphatic rings. The molecule has 1 amide bonds. The van der Waals surface area contributed by atoms with Gasteiger partial charge in [0.2, 0.25) is 0 Å². The molecular formula is C13H18BrNO3. The Morgan fingerprint density at radius 3 is 2.67 bits per heavy atom. The number of aromatic hydroxyl groups is 2. The number of halogens is 1. The number of phenolic OH excluding ortho intramolecular Hbond substituents is 2. The highest BCUT2D eigenvalue weighted by Gasteiger charge is 2.19. The van der Waals surface area contributed by atoms with E-state index in [4.69, 9.17) is 0 Å². The molecule has 0 spiro atoms. The number of amides is 1. The molecule has 3 N–H and O–H groups in total. The Labute approximate surface area is 115 Å². The fourth-order valence-corrected chi connectivity index (χ4v) is 2.54. The number of nitrogens with one attached hydrogen (secondary N) is 1. The largest absolute Gasteiger partial charge is 0.508 e. The highest BCUT2D eigenvalue weighted by Crippen LogP contribution is 2.23. The van der Waals surface area contributed by atoms with Gasteiger partial charge in [-0.15, -0.1) is 0 Å². The summed E-state index contributed by atoms with van der Waals surface area (Å²) in [6, 6.07) is 3.89. The van der Waals surface area contributed by atoms with Gasteiger partial charge in [0.1, 0.15) is 11.5 Å². The minimum Gasteiger partial charge on any atom is -0.508 e.